The lowest BCUT2D eigenvalue weighted by Gasteiger charge is -2.11. The number of benzene rings is 2. The molecule has 2 aromatic rings. The van der Waals surface area contributed by atoms with Gasteiger partial charge in [0.25, 0.3) is 0 Å². The number of halogens is 1. The number of hydrogen-bond donors (Lipinski definition) is 2. The average Bonchev–Trinajstić information content (AvgIpc) is 2.35. The van der Waals surface area contributed by atoms with E-state index in [9.17, 15) is 13.5 Å². The summed E-state index contributed by atoms with van der Waals surface area (Å²) in [5, 5.41) is 10.2. The van der Waals surface area contributed by atoms with Crippen LogP contribution in [0.2, 0.25) is 5.02 Å². The molecule has 20 heavy (non-hydrogen) atoms. The first kappa shape index (κ1) is 14.7. The van der Waals surface area contributed by atoms with Crippen LogP contribution >= 0.6 is 11.6 Å². The standard InChI is InChI=1S/C14H14ClNO3S/c1-10-7-12(15)8-13(14(10)17)16-20(18,19)9-11-5-3-2-4-6-11/h2-8,16-17H,9H2,1H3. The minimum absolute atomic E-state index is 0.0888. The fourth-order valence-corrected chi connectivity index (χ4v) is 3.28. The van der Waals surface area contributed by atoms with Crippen molar-refractivity contribution >= 4 is 27.3 Å². The quantitative estimate of drug-likeness (QED) is 0.851. The third kappa shape index (κ3) is 3.65. The second-order valence-corrected chi connectivity index (χ2v) is 6.62. The summed E-state index contributed by atoms with van der Waals surface area (Å²) in [6, 6.07) is 11.7. The Hall–Kier alpha value is -1.72. The first-order valence-corrected chi connectivity index (χ1v) is 7.94. The zero-order valence-corrected chi connectivity index (χ0v) is 12.4. The molecule has 0 amide bonds. The number of rotatable bonds is 4. The molecule has 0 aromatic heterocycles. The SMILES string of the molecule is Cc1cc(Cl)cc(NS(=O)(=O)Cc2ccccc2)c1O. The number of aromatic hydroxyl groups is 1. The summed E-state index contributed by atoms with van der Waals surface area (Å²) in [7, 11) is -3.61. The van der Waals surface area contributed by atoms with Crippen LogP contribution in [0.5, 0.6) is 5.75 Å². The lowest BCUT2D eigenvalue weighted by Crippen LogP contribution is -2.15. The van der Waals surface area contributed by atoms with E-state index < -0.39 is 10.0 Å². The second kappa shape index (κ2) is 5.73. The minimum Gasteiger partial charge on any atom is -0.505 e. The van der Waals surface area contributed by atoms with Crippen molar-refractivity contribution in [2.75, 3.05) is 4.72 Å². The maximum atomic E-state index is 12.1. The zero-order valence-electron chi connectivity index (χ0n) is 10.8. The van der Waals surface area contributed by atoms with E-state index in [1.807, 2.05) is 6.07 Å². The van der Waals surface area contributed by atoms with E-state index in [2.05, 4.69) is 4.72 Å². The Morgan fingerprint density at radius 3 is 2.50 bits per heavy atom. The molecule has 106 valence electrons. The fourth-order valence-electron chi connectivity index (χ4n) is 1.81. The number of phenolic OH excluding ortho intramolecular Hbond substituents is 1. The summed E-state index contributed by atoms with van der Waals surface area (Å²) in [4.78, 5) is 0. The van der Waals surface area contributed by atoms with Gasteiger partial charge in [-0.1, -0.05) is 41.9 Å². The number of sulfonamides is 1. The molecule has 2 aromatic carbocycles. The van der Waals surface area contributed by atoms with Gasteiger partial charge in [0.1, 0.15) is 5.75 Å². The van der Waals surface area contributed by atoms with Crippen LogP contribution in [0.4, 0.5) is 5.69 Å². The Balaban J connectivity index is 2.25. The Labute approximate surface area is 123 Å². The number of anilines is 1. The predicted molar refractivity (Wildman–Crippen MR) is 80.5 cm³/mol. The average molecular weight is 312 g/mol. The van der Waals surface area contributed by atoms with Crippen LogP contribution in [0.15, 0.2) is 42.5 Å². The van der Waals surface area contributed by atoms with Crippen LogP contribution in [-0.2, 0) is 15.8 Å². The summed E-state index contributed by atoms with van der Waals surface area (Å²) in [5.41, 5.74) is 1.26. The molecule has 0 radical (unpaired) electrons. The molecule has 0 spiro atoms. The van der Waals surface area contributed by atoms with Crippen molar-refractivity contribution in [2.24, 2.45) is 0 Å². The third-order valence-electron chi connectivity index (χ3n) is 2.73. The van der Waals surface area contributed by atoms with Crippen LogP contribution in [0.1, 0.15) is 11.1 Å². The molecule has 0 saturated carbocycles. The summed E-state index contributed by atoms with van der Waals surface area (Å²) in [5.74, 6) is -0.287. The lowest BCUT2D eigenvalue weighted by molar-refractivity contribution is 0.473. The largest absolute Gasteiger partial charge is 0.505 e. The van der Waals surface area contributed by atoms with Crippen molar-refractivity contribution < 1.29 is 13.5 Å². The van der Waals surface area contributed by atoms with Gasteiger partial charge in [0.15, 0.2) is 0 Å². The highest BCUT2D eigenvalue weighted by Gasteiger charge is 2.15. The van der Waals surface area contributed by atoms with Gasteiger partial charge in [0, 0.05) is 5.02 Å². The maximum absolute atomic E-state index is 12.1. The number of aryl methyl sites for hydroxylation is 1. The van der Waals surface area contributed by atoms with E-state index in [-0.39, 0.29) is 17.2 Å². The van der Waals surface area contributed by atoms with Crippen molar-refractivity contribution in [3.8, 4) is 5.75 Å². The van der Waals surface area contributed by atoms with Gasteiger partial charge in [0.2, 0.25) is 10.0 Å². The number of phenols is 1. The molecule has 0 aliphatic carbocycles. The Kier molecular flexibility index (Phi) is 4.20. The first-order valence-electron chi connectivity index (χ1n) is 5.91. The lowest BCUT2D eigenvalue weighted by atomic mass is 10.2. The van der Waals surface area contributed by atoms with Crippen molar-refractivity contribution in [2.45, 2.75) is 12.7 Å². The van der Waals surface area contributed by atoms with E-state index in [4.69, 9.17) is 11.6 Å². The molecule has 2 rings (SSSR count). The van der Waals surface area contributed by atoms with Crippen LogP contribution < -0.4 is 4.72 Å². The molecule has 2 N–H and O–H groups in total. The second-order valence-electron chi connectivity index (χ2n) is 4.47. The molecule has 0 unspecified atom stereocenters. The molecule has 0 atom stereocenters. The molecule has 4 nitrogen and oxygen atoms in total. The Morgan fingerprint density at radius 2 is 1.85 bits per heavy atom. The minimum atomic E-state index is -3.61. The van der Waals surface area contributed by atoms with Crippen molar-refractivity contribution in [1.82, 2.24) is 0 Å². The van der Waals surface area contributed by atoms with E-state index in [1.54, 1.807) is 37.3 Å². The predicted octanol–water partition coefficient (Wildman–Crippen LogP) is 3.30. The molecule has 0 fully saturated rings. The topological polar surface area (TPSA) is 66.4 Å². The van der Waals surface area contributed by atoms with Gasteiger partial charge < -0.3 is 5.11 Å². The molecule has 0 saturated heterocycles. The first-order chi connectivity index (χ1) is 9.37. The van der Waals surface area contributed by atoms with E-state index in [0.717, 1.165) is 0 Å². The summed E-state index contributed by atoms with van der Waals surface area (Å²) >= 11 is 5.87. The number of nitrogens with one attached hydrogen (secondary N) is 1. The zero-order chi connectivity index (χ0) is 14.8. The highest BCUT2D eigenvalue weighted by Crippen LogP contribution is 2.31. The van der Waals surface area contributed by atoms with E-state index in [0.29, 0.717) is 16.1 Å². The molecule has 0 heterocycles. The maximum Gasteiger partial charge on any atom is 0.237 e. The smallest absolute Gasteiger partial charge is 0.237 e. The van der Waals surface area contributed by atoms with Gasteiger partial charge >= 0.3 is 0 Å². The van der Waals surface area contributed by atoms with Crippen molar-refractivity contribution in [1.29, 1.82) is 0 Å². The molecule has 0 aliphatic rings. The highest BCUT2D eigenvalue weighted by atomic mass is 35.5. The normalized spacial score (nSPS) is 11.3. The summed E-state index contributed by atoms with van der Waals surface area (Å²) < 4.78 is 26.5. The van der Waals surface area contributed by atoms with Crippen LogP contribution in [-0.4, -0.2) is 13.5 Å². The van der Waals surface area contributed by atoms with Gasteiger partial charge in [0.05, 0.1) is 11.4 Å². The molecule has 0 bridgehead atoms. The van der Waals surface area contributed by atoms with Crippen LogP contribution in [0.3, 0.4) is 0 Å². The van der Waals surface area contributed by atoms with Gasteiger partial charge in [-0.05, 0) is 30.2 Å². The molecular formula is C14H14ClNO3S. The van der Waals surface area contributed by atoms with E-state index in [1.165, 1.54) is 6.07 Å². The van der Waals surface area contributed by atoms with Gasteiger partial charge in [-0.3, -0.25) is 4.72 Å². The molecule has 0 aliphatic heterocycles. The monoisotopic (exact) mass is 311 g/mol. The summed E-state index contributed by atoms with van der Waals surface area (Å²) in [6.07, 6.45) is 0. The fraction of sp³-hybridized carbons (Fsp3) is 0.143. The van der Waals surface area contributed by atoms with Crippen molar-refractivity contribution in [3.63, 3.8) is 0 Å². The van der Waals surface area contributed by atoms with Gasteiger partial charge in [-0.25, -0.2) is 8.42 Å². The third-order valence-corrected chi connectivity index (χ3v) is 4.19. The van der Waals surface area contributed by atoms with E-state index >= 15 is 0 Å². The Morgan fingerprint density at radius 1 is 1.20 bits per heavy atom. The molecule has 6 heteroatoms. The van der Waals surface area contributed by atoms with Crippen LogP contribution in [0, 0.1) is 6.92 Å². The molecular weight excluding hydrogens is 298 g/mol. The van der Waals surface area contributed by atoms with Gasteiger partial charge in [-0.15, -0.1) is 0 Å². The summed E-state index contributed by atoms with van der Waals surface area (Å²) in [6.45, 7) is 1.65. The number of hydrogen-bond acceptors (Lipinski definition) is 3. The highest BCUT2D eigenvalue weighted by molar-refractivity contribution is 7.91. The Bertz CT molecular complexity index is 715. The van der Waals surface area contributed by atoms with Crippen molar-refractivity contribution in [3.05, 3.63) is 58.6 Å². The van der Waals surface area contributed by atoms with Crippen LogP contribution in [0.25, 0.3) is 0 Å². The van der Waals surface area contributed by atoms with Gasteiger partial charge in [-0.2, -0.15) is 0 Å².